The second-order valence-corrected chi connectivity index (χ2v) is 10.4. The molecule has 5 nitrogen and oxygen atoms in total. The summed E-state index contributed by atoms with van der Waals surface area (Å²) in [7, 11) is 0. The molecule has 2 aliphatic heterocycles. The molecule has 0 saturated carbocycles. The van der Waals surface area contributed by atoms with Crippen LogP contribution in [0.2, 0.25) is 0 Å². The van der Waals surface area contributed by atoms with E-state index in [4.69, 9.17) is 4.74 Å². The van der Waals surface area contributed by atoms with Gasteiger partial charge in [0.15, 0.2) is 0 Å². The Balaban J connectivity index is 0.00000274. The molecule has 0 spiro atoms. The molecule has 2 atom stereocenters. The van der Waals surface area contributed by atoms with Crippen molar-refractivity contribution in [2.75, 3.05) is 63.9 Å². The Hall–Kier alpha value is -1.67. The summed E-state index contributed by atoms with van der Waals surface area (Å²) < 4.78 is 6.72. The minimum Gasteiger partial charge on any atom is -0.388 e. The van der Waals surface area contributed by atoms with Crippen molar-refractivity contribution in [2.45, 2.75) is 19.6 Å². The Morgan fingerprint density at radius 3 is 2.32 bits per heavy atom. The lowest BCUT2D eigenvalue weighted by Gasteiger charge is -2.36. The Bertz CT molecular complexity index is 1030. The quantitative estimate of drug-likeness (QED) is 0.510. The largest absolute Gasteiger partial charge is 0.388 e. The van der Waals surface area contributed by atoms with Crippen molar-refractivity contribution in [2.24, 2.45) is 5.92 Å². The van der Waals surface area contributed by atoms with E-state index in [1.165, 1.54) is 21.3 Å². The van der Waals surface area contributed by atoms with Gasteiger partial charge in [0.1, 0.15) is 0 Å². The normalized spacial score (nSPS) is 19.6. The fourth-order valence-corrected chi connectivity index (χ4v) is 6.05. The van der Waals surface area contributed by atoms with E-state index in [0.717, 1.165) is 71.1 Å². The molecule has 2 saturated heterocycles. The summed E-state index contributed by atoms with van der Waals surface area (Å²) in [4.78, 5) is 7.47. The maximum absolute atomic E-state index is 11.0. The second-order valence-electron chi connectivity index (χ2n) is 9.45. The lowest BCUT2D eigenvalue weighted by Crippen LogP contribution is -2.47. The van der Waals surface area contributed by atoms with Crippen LogP contribution in [-0.4, -0.2) is 73.9 Å². The van der Waals surface area contributed by atoms with E-state index in [1.807, 2.05) is 0 Å². The van der Waals surface area contributed by atoms with Crippen LogP contribution in [0.4, 0.5) is 5.69 Å². The number of fused-ring (bicyclic) bond motifs is 1. The highest BCUT2D eigenvalue weighted by Crippen LogP contribution is 2.34. The number of halogens is 1. The van der Waals surface area contributed by atoms with E-state index in [-0.39, 0.29) is 18.3 Å². The van der Waals surface area contributed by atoms with E-state index >= 15 is 0 Å². The molecule has 2 unspecified atom stereocenters. The highest BCUT2D eigenvalue weighted by molar-refractivity contribution is 7.17. The smallest absolute Gasteiger partial charge is 0.0841 e. The van der Waals surface area contributed by atoms with Crippen molar-refractivity contribution in [3.8, 4) is 0 Å². The summed E-state index contributed by atoms with van der Waals surface area (Å²) in [6, 6.07) is 17.5. The molecule has 2 aliphatic rings. The predicted molar refractivity (Wildman–Crippen MR) is 144 cm³/mol. The van der Waals surface area contributed by atoms with Crippen LogP contribution in [0.25, 0.3) is 10.1 Å². The topological polar surface area (TPSA) is 39.2 Å². The summed E-state index contributed by atoms with van der Waals surface area (Å²) in [5.74, 6) is 0.210. The third-order valence-electron chi connectivity index (χ3n) is 7.10. The molecule has 5 rings (SSSR count). The van der Waals surface area contributed by atoms with Crippen molar-refractivity contribution in [3.63, 3.8) is 0 Å². The highest BCUT2D eigenvalue weighted by Gasteiger charge is 2.24. The number of nitrogens with zero attached hydrogens (tertiary/aromatic N) is 3. The zero-order valence-electron chi connectivity index (χ0n) is 19.9. The lowest BCUT2D eigenvalue weighted by atomic mass is 9.96. The number of benzene rings is 2. The number of piperazine rings is 1. The molecule has 0 radical (unpaired) electrons. The average Bonchev–Trinajstić information content (AvgIpc) is 3.30. The standard InChI is InChI=1S/C27H35N3O2S.ClH/c1-21(27(31)25-20-33-26-5-3-2-4-24(25)26)18-28-10-12-29(13-11-28)19-22-6-8-23(9-7-22)30-14-16-32-17-15-30;/h2-9,20-21,27,31H,10-19H2,1H3;1H. The van der Waals surface area contributed by atoms with Crippen LogP contribution in [0.15, 0.2) is 53.9 Å². The van der Waals surface area contributed by atoms with E-state index in [0.29, 0.717) is 0 Å². The van der Waals surface area contributed by atoms with Gasteiger partial charge in [-0.1, -0.05) is 37.3 Å². The molecule has 3 aromatic rings. The van der Waals surface area contributed by atoms with Crippen LogP contribution in [0.1, 0.15) is 24.2 Å². The first-order valence-electron chi connectivity index (χ1n) is 12.2. The van der Waals surface area contributed by atoms with Gasteiger partial charge in [-0.15, -0.1) is 23.7 Å². The van der Waals surface area contributed by atoms with E-state index in [9.17, 15) is 5.11 Å². The fraction of sp³-hybridized carbons (Fsp3) is 0.481. The number of aliphatic hydroxyl groups is 1. The van der Waals surface area contributed by atoms with E-state index in [2.05, 4.69) is 75.5 Å². The van der Waals surface area contributed by atoms with E-state index in [1.54, 1.807) is 11.3 Å². The molecule has 2 fully saturated rings. The lowest BCUT2D eigenvalue weighted by molar-refractivity contribution is 0.0638. The third-order valence-corrected chi connectivity index (χ3v) is 8.08. The summed E-state index contributed by atoms with van der Waals surface area (Å²) in [5.41, 5.74) is 3.77. The van der Waals surface area contributed by atoms with Crippen molar-refractivity contribution in [3.05, 3.63) is 65.0 Å². The summed E-state index contributed by atoms with van der Waals surface area (Å²) in [5, 5.41) is 14.4. The van der Waals surface area contributed by atoms with Gasteiger partial charge in [0.25, 0.3) is 0 Å². The highest BCUT2D eigenvalue weighted by atomic mass is 35.5. The van der Waals surface area contributed by atoms with Crippen LogP contribution in [0, 0.1) is 5.92 Å². The first-order chi connectivity index (χ1) is 16.2. The molecule has 34 heavy (non-hydrogen) atoms. The number of thiophene rings is 1. The van der Waals surface area contributed by atoms with Crippen molar-refractivity contribution >= 4 is 39.5 Å². The van der Waals surface area contributed by atoms with Gasteiger partial charge in [-0.3, -0.25) is 4.90 Å². The first kappa shape index (κ1) is 25.4. The van der Waals surface area contributed by atoms with Crippen molar-refractivity contribution < 1.29 is 9.84 Å². The van der Waals surface area contributed by atoms with Crippen LogP contribution < -0.4 is 4.90 Å². The molecule has 1 N–H and O–H groups in total. The molecule has 2 aromatic carbocycles. The van der Waals surface area contributed by atoms with Gasteiger partial charge in [-0.2, -0.15) is 0 Å². The molecule has 1 aromatic heterocycles. The van der Waals surface area contributed by atoms with Crippen LogP contribution in [-0.2, 0) is 11.3 Å². The number of ether oxygens (including phenoxy) is 1. The van der Waals surface area contributed by atoms with Gasteiger partial charge in [0.05, 0.1) is 19.3 Å². The van der Waals surface area contributed by atoms with E-state index < -0.39 is 6.10 Å². The van der Waals surface area contributed by atoms with Gasteiger partial charge in [0.2, 0.25) is 0 Å². The van der Waals surface area contributed by atoms with Crippen molar-refractivity contribution in [1.82, 2.24) is 9.80 Å². The zero-order valence-corrected chi connectivity index (χ0v) is 21.6. The molecule has 184 valence electrons. The molecular weight excluding hydrogens is 466 g/mol. The van der Waals surface area contributed by atoms with Crippen LogP contribution in [0.5, 0.6) is 0 Å². The number of aliphatic hydroxyl groups excluding tert-OH is 1. The number of rotatable bonds is 7. The van der Waals surface area contributed by atoms with Crippen LogP contribution in [0.3, 0.4) is 0 Å². The predicted octanol–water partition coefficient (Wildman–Crippen LogP) is 4.65. The van der Waals surface area contributed by atoms with Gasteiger partial charge >= 0.3 is 0 Å². The summed E-state index contributed by atoms with van der Waals surface area (Å²) in [6.07, 6.45) is -0.413. The first-order valence-corrected chi connectivity index (χ1v) is 13.1. The summed E-state index contributed by atoms with van der Waals surface area (Å²) in [6.45, 7) is 12.0. The minimum absolute atomic E-state index is 0. The van der Waals surface area contributed by atoms with Crippen molar-refractivity contribution in [1.29, 1.82) is 0 Å². The number of hydrogen-bond donors (Lipinski definition) is 1. The molecule has 7 heteroatoms. The van der Waals surface area contributed by atoms with Gasteiger partial charge in [0, 0.05) is 62.7 Å². The second kappa shape index (κ2) is 11.8. The SMILES string of the molecule is CC(CN1CCN(Cc2ccc(N3CCOCC3)cc2)CC1)C(O)c1csc2ccccc12.Cl. The third kappa shape index (κ3) is 5.93. The molecular formula is C27H36ClN3O2S. The average molecular weight is 502 g/mol. The maximum Gasteiger partial charge on any atom is 0.0841 e. The molecule has 0 aliphatic carbocycles. The molecule has 0 bridgehead atoms. The molecule has 3 heterocycles. The number of hydrogen-bond acceptors (Lipinski definition) is 6. The maximum atomic E-state index is 11.0. The number of morpholine rings is 1. The Morgan fingerprint density at radius 2 is 1.59 bits per heavy atom. The Morgan fingerprint density at radius 1 is 0.912 bits per heavy atom. The van der Waals surface area contributed by atoms with Gasteiger partial charge < -0.3 is 19.6 Å². The molecule has 0 amide bonds. The number of anilines is 1. The zero-order chi connectivity index (χ0) is 22.6. The Kier molecular flexibility index (Phi) is 8.86. The van der Waals surface area contributed by atoms with Gasteiger partial charge in [-0.25, -0.2) is 0 Å². The van der Waals surface area contributed by atoms with Gasteiger partial charge in [-0.05, 0) is 46.0 Å². The monoisotopic (exact) mass is 501 g/mol. The van der Waals surface area contributed by atoms with Crippen LogP contribution >= 0.6 is 23.7 Å². The summed E-state index contributed by atoms with van der Waals surface area (Å²) >= 11 is 1.73. The minimum atomic E-state index is -0.413. The Labute approximate surface area is 213 Å². The fourth-order valence-electron chi connectivity index (χ4n) is 5.06.